The van der Waals surface area contributed by atoms with Crippen molar-refractivity contribution in [2.75, 3.05) is 6.54 Å². The molecule has 2 aromatic rings. The highest BCUT2D eigenvalue weighted by Gasteiger charge is 2.01. The van der Waals surface area contributed by atoms with Crippen molar-refractivity contribution in [2.24, 2.45) is 0 Å². The molecule has 0 saturated carbocycles. The van der Waals surface area contributed by atoms with Gasteiger partial charge < -0.3 is 10.1 Å². The molecular weight excluding hydrogens is 252 g/mol. The van der Waals surface area contributed by atoms with Crippen LogP contribution in [-0.4, -0.2) is 17.6 Å². The van der Waals surface area contributed by atoms with Crippen molar-refractivity contribution < 1.29 is 9.53 Å². The first-order chi connectivity index (χ1) is 9.84. The normalized spacial score (nSPS) is 10.0. The number of rotatable bonds is 6. The van der Waals surface area contributed by atoms with E-state index in [9.17, 15) is 4.79 Å². The SMILES string of the molecule is O=C(NCCCc1ccccn1)OCc1ccccc1. The minimum Gasteiger partial charge on any atom is -0.445 e. The van der Waals surface area contributed by atoms with Crippen LogP contribution in [0.1, 0.15) is 17.7 Å². The van der Waals surface area contributed by atoms with Gasteiger partial charge in [0.1, 0.15) is 6.61 Å². The van der Waals surface area contributed by atoms with Crippen LogP contribution in [0, 0.1) is 0 Å². The Morgan fingerprint density at radius 1 is 1.10 bits per heavy atom. The third kappa shape index (κ3) is 5.10. The predicted molar refractivity (Wildman–Crippen MR) is 77.2 cm³/mol. The molecule has 20 heavy (non-hydrogen) atoms. The molecule has 1 N–H and O–H groups in total. The Labute approximate surface area is 118 Å². The van der Waals surface area contributed by atoms with E-state index in [1.807, 2.05) is 48.5 Å². The van der Waals surface area contributed by atoms with Gasteiger partial charge in [-0.2, -0.15) is 0 Å². The molecule has 1 heterocycles. The van der Waals surface area contributed by atoms with Crippen LogP contribution in [-0.2, 0) is 17.8 Å². The highest BCUT2D eigenvalue weighted by atomic mass is 16.5. The molecule has 104 valence electrons. The molecule has 0 aliphatic carbocycles. The quantitative estimate of drug-likeness (QED) is 0.821. The van der Waals surface area contributed by atoms with Gasteiger partial charge in [0, 0.05) is 18.4 Å². The summed E-state index contributed by atoms with van der Waals surface area (Å²) in [6, 6.07) is 15.5. The van der Waals surface area contributed by atoms with Crippen molar-refractivity contribution in [3.8, 4) is 0 Å². The number of ether oxygens (including phenoxy) is 1. The molecule has 1 amide bonds. The molecular formula is C16H18N2O2. The summed E-state index contributed by atoms with van der Waals surface area (Å²) in [4.78, 5) is 15.7. The summed E-state index contributed by atoms with van der Waals surface area (Å²) >= 11 is 0. The number of amides is 1. The maximum absolute atomic E-state index is 11.5. The number of alkyl carbamates (subject to hydrolysis) is 1. The van der Waals surface area contributed by atoms with Crippen LogP contribution >= 0.6 is 0 Å². The summed E-state index contributed by atoms with van der Waals surface area (Å²) in [5.41, 5.74) is 2.02. The monoisotopic (exact) mass is 270 g/mol. The first-order valence-electron chi connectivity index (χ1n) is 6.69. The van der Waals surface area contributed by atoms with Crippen LogP contribution in [0.15, 0.2) is 54.7 Å². The average molecular weight is 270 g/mol. The topological polar surface area (TPSA) is 51.2 Å². The van der Waals surface area contributed by atoms with Crippen molar-refractivity contribution in [1.82, 2.24) is 10.3 Å². The average Bonchev–Trinajstić information content (AvgIpc) is 2.52. The van der Waals surface area contributed by atoms with Gasteiger partial charge in [-0.15, -0.1) is 0 Å². The molecule has 0 atom stereocenters. The number of hydrogen-bond donors (Lipinski definition) is 1. The van der Waals surface area contributed by atoms with Crippen molar-refractivity contribution in [1.29, 1.82) is 0 Å². The lowest BCUT2D eigenvalue weighted by molar-refractivity contribution is 0.139. The molecule has 0 spiro atoms. The lowest BCUT2D eigenvalue weighted by atomic mass is 10.2. The first-order valence-corrected chi connectivity index (χ1v) is 6.69. The van der Waals surface area contributed by atoms with Crippen molar-refractivity contribution in [2.45, 2.75) is 19.4 Å². The van der Waals surface area contributed by atoms with Crippen molar-refractivity contribution >= 4 is 6.09 Å². The molecule has 0 bridgehead atoms. The van der Waals surface area contributed by atoms with Crippen LogP contribution in [0.25, 0.3) is 0 Å². The molecule has 0 aliphatic heterocycles. The molecule has 0 saturated heterocycles. The Morgan fingerprint density at radius 3 is 2.65 bits per heavy atom. The van der Waals surface area contributed by atoms with Crippen LogP contribution in [0.3, 0.4) is 0 Å². The highest BCUT2D eigenvalue weighted by Crippen LogP contribution is 2.01. The molecule has 1 aromatic heterocycles. The van der Waals surface area contributed by atoms with Crippen LogP contribution in [0.2, 0.25) is 0 Å². The predicted octanol–water partition coefficient (Wildman–Crippen LogP) is 2.94. The van der Waals surface area contributed by atoms with E-state index in [2.05, 4.69) is 10.3 Å². The smallest absolute Gasteiger partial charge is 0.407 e. The number of hydrogen-bond acceptors (Lipinski definition) is 3. The zero-order valence-corrected chi connectivity index (χ0v) is 11.3. The minimum atomic E-state index is -0.380. The summed E-state index contributed by atoms with van der Waals surface area (Å²) < 4.78 is 5.11. The van der Waals surface area contributed by atoms with Gasteiger partial charge in [-0.25, -0.2) is 4.79 Å². The van der Waals surface area contributed by atoms with E-state index < -0.39 is 0 Å². The van der Waals surface area contributed by atoms with Crippen molar-refractivity contribution in [3.63, 3.8) is 0 Å². The molecule has 1 aromatic carbocycles. The molecule has 0 radical (unpaired) electrons. The Balaban J connectivity index is 1.59. The van der Waals surface area contributed by atoms with E-state index in [0.717, 1.165) is 24.1 Å². The van der Waals surface area contributed by atoms with Crippen molar-refractivity contribution in [3.05, 3.63) is 66.0 Å². The molecule has 0 aliphatic rings. The summed E-state index contributed by atoms with van der Waals surface area (Å²) in [7, 11) is 0. The van der Waals surface area contributed by atoms with E-state index in [1.165, 1.54) is 0 Å². The van der Waals surface area contributed by atoms with E-state index in [-0.39, 0.29) is 6.09 Å². The van der Waals surface area contributed by atoms with E-state index >= 15 is 0 Å². The van der Waals surface area contributed by atoms with Crippen LogP contribution < -0.4 is 5.32 Å². The van der Waals surface area contributed by atoms with Gasteiger partial charge in [0.2, 0.25) is 0 Å². The Kier molecular flexibility index (Phi) is 5.58. The van der Waals surface area contributed by atoms with E-state index in [4.69, 9.17) is 4.74 Å². The number of pyridine rings is 1. The third-order valence-corrected chi connectivity index (χ3v) is 2.82. The van der Waals surface area contributed by atoms with Crippen LogP contribution in [0.5, 0.6) is 0 Å². The fourth-order valence-corrected chi connectivity index (χ4v) is 1.78. The maximum atomic E-state index is 11.5. The van der Waals surface area contributed by atoms with Gasteiger partial charge in [0.15, 0.2) is 0 Å². The van der Waals surface area contributed by atoms with E-state index in [0.29, 0.717) is 13.2 Å². The number of benzene rings is 1. The van der Waals surface area contributed by atoms with Crippen LogP contribution in [0.4, 0.5) is 4.79 Å². The molecule has 4 heteroatoms. The second-order valence-corrected chi connectivity index (χ2v) is 4.41. The Hall–Kier alpha value is -2.36. The lowest BCUT2D eigenvalue weighted by Crippen LogP contribution is -2.25. The summed E-state index contributed by atoms with van der Waals surface area (Å²) in [6.07, 6.45) is 3.09. The summed E-state index contributed by atoms with van der Waals surface area (Å²) in [5.74, 6) is 0. The zero-order valence-electron chi connectivity index (χ0n) is 11.3. The fraction of sp³-hybridized carbons (Fsp3) is 0.250. The largest absolute Gasteiger partial charge is 0.445 e. The second-order valence-electron chi connectivity index (χ2n) is 4.41. The van der Waals surface area contributed by atoms with Gasteiger partial charge in [-0.1, -0.05) is 36.4 Å². The van der Waals surface area contributed by atoms with Gasteiger partial charge in [-0.05, 0) is 30.5 Å². The summed E-state index contributed by atoms with van der Waals surface area (Å²) in [6.45, 7) is 0.886. The lowest BCUT2D eigenvalue weighted by Gasteiger charge is -2.06. The first kappa shape index (κ1) is 14.1. The highest BCUT2D eigenvalue weighted by molar-refractivity contribution is 5.67. The number of carbonyl (C=O) groups excluding carboxylic acids is 1. The summed E-state index contributed by atoms with van der Waals surface area (Å²) in [5, 5.41) is 2.73. The molecule has 0 unspecified atom stereocenters. The molecule has 4 nitrogen and oxygen atoms in total. The fourth-order valence-electron chi connectivity index (χ4n) is 1.78. The molecule has 0 fully saturated rings. The number of nitrogens with zero attached hydrogens (tertiary/aromatic N) is 1. The zero-order chi connectivity index (χ0) is 14.0. The number of aryl methyl sites for hydroxylation is 1. The Morgan fingerprint density at radius 2 is 1.90 bits per heavy atom. The van der Waals surface area contributed by atoms with Gasteiger partial charge in [-0.3, -0.25) is 4.98 Å². The maximum Gasteiger partial charge on any atom is 0.407 e. The second kappa shape index (κ2) is 7.94. The van der Waals surface area contributed by atoms with Gasteiger partial charge in [0.25, 0.3) is 0 Å². The standard InChI is InChI=1S/C16H18N2O2/c19-16(20-13-14-7-2-1-3-8-14)18-12-6-10-15-9-4-5-11-17-15/h1-5,7-9,11H,6,10,12-13H2,(H,18,19). The third-order valence-electron chi connectivity index (χ3n) is 2.82. The number of nitrogens with one attached hydrogen (secondary N) is 1. The molecule has 2 rings (SSSR count). The number of aromatic nitrogens is 1. The van der Waals surface area contributed by atoms with E-state index in [1.54, 1.807) is 6.20 Å². The minimum absolute atomic E-state index is 0.299. The Bertz CT molecular complexity index is 515. The van der Waals surface area contributed by atoms with Gasteiger partial charge in [0.05, 0.1) is 0 Å². The van der Waals surface area contributed by atoms with Gasteiger partial charge >= 0.3 is 6.09 Å². The number of carbonyl (C=O) groups is 1.